The van der Waals surface area contributed by atoms with Crippen LogP contribution in [0, 0.1) is 0 Å². The van der Waals surface area contributed by atoms with Gasteiger partial charge in [-0.15, -0.1) is 0 Å². The van der Waals surface area contributed by atoms with Gasteiger partial charge < -0.3 is 15.1 Å². The molecule has 0 bridgehead atoms. The third-order valence-electron chi connectivity index (χ3n) is 4.26. The van der Waals surface area contributed by atoms with Crippen molar-refractivity contribution in [3.8, 4) is 0 Å². The average Bonchev–Trinajstić information content (AvgIpc) is 2.68. The van der Waals surface area contributed by atoms with E-state index < -0.39 is 0 Å². The van der Waals surface area contributed by atoms with Crippen LogP contribution in [0.1, 0.15) is 30.8 Å². The molecule has 0 spiro atoms. The largest absolute Gasteiger partial charge is 0.348 e. The molecule has 0 aliphatic carbocycles. The minimum Gasteiger partial charge on any atom is -0.348 e. The highest BCUT2D eigenvalue weighted by atomic mass is 16.1. The highest BCUT2D eigenvalue weighted by Crippen LogP contribution is 2.14. The molecule has 8 nitrogen and oxygen atoms in total. The van der Waals surface area contributed by atoms with E-state index in [1.165, 1.54) is 0 Å². The second-order valence-corrected chi connectivity index (χ2v) is 6.05. The molecule has 25 heavy (non-hydrogen) atoms. The van der Waals surface area contributed by atoms with Crippen molar-refractivity contribution in [1.29, 1.82) is 0 Å². The van der Waals surface area contributed by atoms with Crippen molar-refractivity contribution < 1.29 is 4.79 Å². The monoisotopic (exact) mass is 341 g/mol. The summed E-state index contributed by atoms with van der Waals surface area (Å²) in [4.78, 5) is 33.8. The minimum absolute atomic E-state index is 0.125. The summed E-state index contributed by atoms with van der Waals surface area (Å²) >= 11 is 0. The molecule has 1 unspecified atom stereocenters. The number of carbonyl (C=O) groups is 1. The number of nitrogens with zero attached hydrogens (tertiary/aromatic N) is 6. The highest BCUT2D eigenvalue weighted by Gasteiger charge is 2.21. The van der Waals surface area contributed by atoms with Crippen molar-refractivity contribution in [3.63, 3.8) is 0 Å². The Morgan fingerprint density at radius 3 is 2.32 bits per heavy atom. The molecule has 2 aromatic rings. The standard InChI is InChI=1S/C17H23N7O/c1-3-13(2)21-15(25)14-5-8-20-17(22-14)24-11-9-23(10-12-24)16-18-6-4-7-19-16/h4-8,13H,3,9-12H2,1-2H3,(H,21,25). The number of rotatable bonds is 5. The fourth-order valence-corrected chi connectivity index (χ4v) is 2.59. The van der Waals surface area contributed by atoms with Gasteiger partial charge in [0.25, 0.3) is 5.91 Å². The quantitative estimate of drug-likeness (QED) is 0.872. The Labute approximate surface area is 147 Å². The summed E-state index contributed by atoms with van der Waals surface area (Å²) in [5, 5.41) is 2.93. The fraction of sp³-hybridized carbons (Fsp3) is 0.471. The van der Waals surface area contributed by atoms with Gasteiger partial charge in [-0.3, -0.25) is 4.79 Å². The fourth-order valence-electron chi connectivity index (χ4n) is 2.59. The Morgan fingerprint density at radius 2 is 1.68 bits per heavy atom. The second kappa shape index (κ2) is 7.87. The molecule has 1 aliphatic rings. The van der Waals surface area contributed by atoms with Gasteiger partial charge in [0.05, 0.1) is 0 Å². The first-order valence-electron chi connectivity index (χ1n) is 8.58. The van der Waals surface area contributed by atoms with Crippen LogP contribution in [0.5, 0.6) is 0 Å². The zero-order chi connectivity index (χ0) is 17.6. The topological polar surface area (TPSA) is 87.1 Å². The number of carbonyl (C=O) groups excluding carboxylic acids is 1. The average molecular weight is 341 g/mol. The molecule has 8 heteroatoms. The number of amides is 1. The van der Waals surface area contributed by atoms with Crippen LogP contribution in [0.15, 0.2) is 30.7 Å². The molecule has 1 amide bonds. The zero-order valence-corrected chi connectivity index (χ0v) is 14.6. The third kappa shape index (κ3) is 4.20. The summed E-state index contributed by atoms with van der Waals surface area (Å²) in [6, 6.07) is 3.58. The number of hydrogen-bond donors (Lipinski definition) is 1. The molecule has 0 radical (unpaired) electrons. The Balaban J connectivity index is 1.64. The van der Waals surface area contributed by atoms with Crippen LogP contribution in [0.3, 0.4) is 0 Å². The van der Waals surface area contributed by atoms with E-state index in [9.17, 15) is 4.79 Å². The summed E-state index contributed by atoms with van der Waals surface area (Å²) in [7, 11) is 0. The number of anilines is 2. The van der Waals surface area contributed by atoms with Crippen molar-refractivity contribution in [2.45, 2.75) is 26.3 Å². The van der Waals surface area contributed by atoms with Crippen LogP contribution in [-0.2, 0) is 0 Å². The zero-order valence-electron chi connectivity index (χ0n) is 14.6. The number of piperazine rings is 1. The maximum atomic E-state index is 12.2. The third-order valence-corrected chi connectivity index (χ3v) is 4.26. The van der Waals surface area contributed by atoms with Gasteiger partial charge in [0, 0.05) is 50.8 Å². The molecule has 0 aromatic carbocycles. The molecule has 1 atom stereocenters. The molecule has 2 aromatic heterocycles. The van der Waals surface area contributed by atoms with E-state index in [0.29, 0.717) is 11.6 Å². The molecule has 3 rings (SSSR count). The van der Waals surface area contributed by atoms with Crippen molar-refractivity contribution in [1.82, 2.24) is 25.3 Å². The van der Waals surface area contributed by atoms with Gasteiger partial charge in [-0.1, -0.05) is 6.92 Å². The van der Waals surface area contributed by atoms with Gasteiger partial charge in [-0.2, -0.15) is 0 Å². The first-order valence-corrected chi connectivity index (χ1v) is 8.58. The van der Waals surface area contributed by atoms with Gasteiger partial charge >= 0.3 is 0 Å². The molecule has 0 saturated carbocycles. The van der Waals surface area contributed by atoms with Crippen LogP contribution in [0.25, 0.3) is 0 Å². The molecule has 1 aliphatic heterocycles. The lowest BCUT2D eigenvalue weighted by Crippen LogP contribution is -2.47. The summed E-state index contributed by atoms with van der Waals surface area (Å²) in [6.07, 6.45) is 6.02. The van der Waals surface area contributed by atoms with E-state index in [2.05, 4.69) is 35.1 Å². The SMILES string of the molecule is CCC(C)NC(=O)c1ccnc(N2CCN(c3ncccn3)CC2)n1. The summed E-state index contributed by atoms with van der Waals surface area (Å²) in [5.74, 6) is 1.17. The van der Waals surface area contributed by atoms with Gasteiger partial charge in [-0.05, 0) is 25.5 Å². The normalized spacial score (nSPS) is 15.8. The number of hydrogen-bond acceptors (Lipinski definition) is 7. The van der Waals surface area contributed by atoms with Gasteiger partial charge in [0.15, 0.2) is 0 Å². The molecule has 1 fully saturated rings. The first-order chi connectivity index (χ1) is 12.2. The molecule has 132 valence electrons. The Kier molecular flexibility index (Phi) is 5.37. The minimum atomic E-state index is -0.158. The Hall–Kier alpha value is -2.77. The van der Waals surface area contributed by atoms with E-state index in [1.54, 1.807) is 24.7 Å². The van der Waals surface area contributed by atoms with Crippen LogP contribution < -0.4 is 15.1 Å². The predicted octanol–water partition coefficient (Wildman–Crippen LogP) is 1.12. The lowest BCUT2D eigenvalue weighted by molar-refractivity contribution is 0.0934. The van der Waals surface area contributed by atoms with Crippen LogP contribution in [0.2, 0.25) is 0 Å². The van der Waals surface area contributed by atoms with E-state index in [1.807, 2.05) is 19.9 Å². The summed E-state index contributed by atoms with van der Waals surface area (Å²) < 4.78 is 0. The van der Waals surface area contributed by atoms with Gasteiger partial charge in [0.2, 0.25) is 11.9 Å². The maximum absolute atomic E-state index is 12.2. The van der Waals surface area contributed by atoms with E-state index in [0.717, 1.165) is 38.5 Å². The predicted molar refractivity (Wildman–Crippen MR) is 95.7 cm³/mol. The second-order valence-electron chi connectivity index (χ2n) is 6.05. The van der Waals surface area contributed by atoms with Crippen molar-refractivity contribution >= 4 is 17.8 Å². The maximum Gasteiger partial charge on any atom is 0.270 e. The van der Waals surface area contributed by atoms with Crippen LogP contribution in [0.4, 0.5) is 11.9 Å². The van der Waals surface area contributed by atoms with Crippen molar-refractivity contribution in [3.05, 3.63) is 36.4 Å². The van der Waals surface area contributed by atoms with E-state index >= 15 is 0 Å². The number of nitrogens with one attached hydrogen (secondary N) is 1. The molecule has 1 saturated heterocycles. The van der Waals surface area contributed by atoms with Crippen molar-refractivity contribution in [2.75, 3.05) is 36.0 Å². The number of aromatic nitrogens is 4. The first kappa shape index (κ1) is 17.1. The van der Waals surface area contributed by atoms with Crippen molar-refractivity contribution in [2.24, 2.45) is 0 Å². The summed E-state index contributed by atoms with van der Waals surface area (Å²) in [5.41, 5.74) is 0.402. The molecular weight excluding hydrogens is 318 g/mol. The molecule has 1 N–H and O–H groups in total. The Morgan fingerprint density at radius 1 is 1.08 bits per heavy atom. The summed E-state index contributed by atoms with van der Waals surface area (Å²) in [6.45, 7) is 7.11. The van der Waals surface area contributed by atoms with Gasteiger partial charge in [-0.25, -0.2) is 19.9 Å². The van der Waals surface area contributed by atoms with Gasteiger partial charge in [0.1, 0.15) is 5.69 Å². The molecule has 3 heterocycles. The van der Waals surface area contributed by atoms with Crippen LogP contribution >= 0.6 is 0 Å². The van der Waals surface area contributed by atoms with E-state index in [4.69, 9.17) is 0 Å². The van der Waals surface area contributed by atoms with E-state index in [-0.39, 0.29) is 11.9 Å². The van der Waals surface area contributed by atoms with Crippen LogP contribution in [-0.4, -0.2) is 58.1 Å². The molecular formula is C17H23N7O. The highest BCUT2D eigenvalue weighted by molar-refractivity contribution is 5.92. The Bertz CT molecular complexity index is 701. The smallest absolute Gasteiger partial charge is 0.270 e. The lowest BCUT2D eigenvalue weighted by Gasteiger charge is -2.34. The lowest BCUT2D eigenvalue weighted by atomic mass is 10.2.